The summed E-state index contributed by atoms with van der Waals surface area (Å²) in [5.41, 5.74) is 0. The zero-order valence-electron chi connectivity index (χ0n) is 5.81. The van der Waals surface area contributed by atoms with Gasteiger partial charge in [0.2, 0.25) is 0 Å². The first-order valence-electron chi connectivity index (χ1n) is 2.75. The summed E-state index contributed by atoms with van der Waals surface area (Å²) in [6.45, 7) is 0. The molecular formula is C7H7F3O. The molecule has 0 amide bonds. The molecule has 1 aromatic rings. The molecule has 1 N–H and O–H groups in total. The minimum absolute atomic E-state index is 0.614. The molecule has 11 heavy (non-hydrogen) atoms. The summed E-state index contributed by atoms with van der Waals surface area (Å²) >= 11 is 0. The summed E-state index contributed by atoms with van der Waals surface area (Å²) in [6.07, 6.45) is 0. The van der Waals surface area contributed by atoms with Gasteiger partial charge >= 0.3 is 0 Å². The van der Waals surface area contributed by atoms with E-state index >= 15 is 0 Å². The number of hydrogen-bond acceptors (Lipinski definition) is 1. The van der Waals surface area contributed by atoms with Crippen molar-refractivity contribution in [3.63, 3.8) is 0 Å². The second kappa shape index (κ2) is 4.73. The molecule has 1 nitrogen and oxygen atoms in total. The van der Waals surface area contributed by atoms with Gasteiger partial charge in [-0.3, -0.25) is 0 Å². The highest BCUT2D eigenvalue weighted by Crippen LogP contribution is 2.04. The first-order valence-corrected chi connectivity index (χ1v) is 2.75. The maximum atomic E-state index is 11.9. The quantitative estimate of drug-likeness (QED) is 0.618. The van der Waals surface area contributed by atoms with Crippen molar-refractivity contribution < 1.29 is 18.3 Å². The number of aliphatic hydroxyl groups excluding tert-OH is 1. The third-order valence-corrected chi connectivity index (χ3v) is 0.827. The van der Waals surface area contributed by atoms with Gasteiger partial charge in [0.05, 0.1) is 0 Å². The Labute approximate surface area is 62.1 Å². The van der Waals surface area contributed by atoms with Crippen molar-refractivity contribution in [2.45, 2.75) is 0 Å². The topological polar surface area (TPSA) is 20.2 Å². The highest BCUT2D eigenvalue weighted by atomic mass is 19.1. The van der Waals surface area contributed by atoms with Crippen LogP contribution in [0, 0.1) is 17.5 Å². The average Bonchev–Trinajstić information content (AvgIpc) is 1.88. The zero-order chi connectivity index (χ0) is 8.85. The van der Waals surface area contributed by atoms with Crippen molar-refractivity contribution in [3.8, 4) is 0 Å². The number of halogens is 3. The molecule has 0 atom stereocenters. The van der Waals surface area contributed by atoms with E-state index in [-0.39, 0.29) is 0 Å². The predicted octanol–water partition coefficient (Wildman–Crippen LogP) is 1.71. The Bertz CT molecular complexity index is 174. The van der Waals surface area contributed by atoms with Gasteiger partial charge < -0.3 is 5.11 Å². The van der Waals surface area contributed by atoms with E-state index in [1.807, 2.05) is 0 Å². The molecule has 0 aromatic heterocycles. The first-order chi connectivity index (χ1) is 5.18. The molecule has 0 heterocycles. The van der Waals surface area contributed by atoms with Crippen LogP contribution in [-0.2, 0) is 0 Å². The minimum atomic E-state index is -0.896. The Morgan fingerprint density at radius 2 is 1.00 bits per heavy atom. The molecular weight excluding hydrogens is 157 g/mol. The van der Waals surface area contributed by atoms with Gasteiger partial charge in [0, 0.05) is 25.3 Å². The van der Waals surface area contributed by atoms with E-state index in [4.69, 9.17) is 5.11 Å². The van der Waals surface area contributed by atoms with Crippen LogP contribution in [0.25, 0.3) is 0 Å². The van der Waals surface area contributed by atoms with Crippen molar-refractivity contribution in [2.75, 3.05) is 7.11 Å². The van der Waals surface area contributed by atoms with E-state index in [0.717, 1.165) is 7.11 Å². The van der Waals surface area contributed by atoms with E-state index in [1.165, 1.54) is 0 Å². The van der Waals surface area contributed by atoms with Crippen LogP contribution in [0.2, 0.25) is 0 Å². The highest BCUT2D eigenvalue weighted by molar-refractivity contribution is 5.07. The lowest BCUT2D eigenvalue weighted by Gasteiger charge is -1.88. The monoisotopic (exact) mass is 164 g/mol. The van der Waals surface area contributed by atoms with Gasteiger partial charge in [-0.1, -0.05) is 0 Å². The molecule has 1 aromatic carbocycles. The molecule has 0 fully saturated rings. The maximum Gasteiger partial charge on any atom is 0.129 e. The maximum absolute atomic E-state index is 11.9. The van der Waals surface area contributed by atoms with E-state index in [2.05, 4.69) is 0 Å². The molecule has 0 aliphatic rings. The van der Waals surface area contributed by atoms with Crippen LogP contribution in [0.3, 0.4) is 0 Å². The van der Waals surface area contributed by atoms with Crippen LogP contribution in [0.5, 0.6) is 0 Å². The van der Waals surface area contributed by atoms with Crippen LogP contribution in [0.1, 0.15) is 0 Å². The summed E-state index contributed by atoms with van der Waals surface area (Å²) in [6, 6.07) is 1.84. The standard InChI is InChI=1S/C6H3F3.CH4O/c7-4-1-5(8)3-6(9)2-4;1-2/h1-3H;2H,1H3. The lowest BCUT2D eigenvalue weighted by Crippen LogP contribution is -1.81. The minimum Gasteiger partial charge on any atom is -0.400 e. The van der Waals surface area contributed by atoms with Crippen LogP contribution in [0.15, 0.2) is 18.2 Å². The first kappa shape index (κ1) is 9.97. The Kier molecular flexibility index (Phi) is 4.29. The van der Waals surface area contributed by atoms with E-state index in [0.29, 0.717) is 18.2 Å². The van der Waals surface area contributed by atoms with Crippen molar-refractivity contribution in [3.05, 3.63) is 35.7 Å². The number of rotatable bonds is 0. The second-order valence-electron chi connectivity index (χ2n) is 1.59. The Morgan fingerprint density at radius 3 is 1.18 bits per heavy atom. The molecule has 0 aliphatic carbocycles. The van der Waals surface area contributed by atoms with Crippen LogP contribution in [-0.4, -0.2) is 12.2 Å². The van der Waals surface area contributed by atoms with E-state index in [1.54, 1.807) is 0 Å². The zero-order valence-corrected chi connectivity index (χ0v) is 5.81. The number of aliphatic hydroxyl groups is 1. The summed E-state index contributed by atoms with van der Waals surface area (Å²) < 4.78 is 35.8. The van der Waals surface area contributed by atoms with Crippen molar-refractivity contribution in [1.29, 1.82) is 0 Å². The number of hydrogen-bond donors (Lipinski definition) is 1. The third-order valence-electron chi connectivity index (χ3n) is 0.827. The lowest BCUT2D eigenvalue weighted by molar-refractivity contribution is 0.399. The Balaban J connectivity index is 0.000000461. The fourth-order valence-electron chi connectivity index (χ4n) is 0.520. The van der Waals surface area contributed by atoms with Crippen LogP contribution in [0.4, 0.5) is 13.2 Å². The SMILES string of the molecule is CO.Fc1cc(F)cc(F)c1. The summed E-state index contributed by atoms with van der Waals surface area (Å²) in [5.74, 6) is -2.69. The predicted molar refractivity (Wildman–Crippen MR) is 34.5 cm³/mol. The van der Waals surface area contributed by atoms with Gasteiger partial charge in [-0.15, -0.1) is 0 Å². The normalized spacial score (nSPS) is 8.45. The van der Waals surface area contributed by atoms with Gasteiger partial charge in [0.25, 0.3) is 0 Å². The van der Waals surface area contributed by atoms with Crippen molar-refractivity contribution in [2.24, 2.45) is 0 Å². The molecule has 0 saturated heterocycles. The third kappa shape index (κ3) is 3.62. The van der Waals surface area contributed by atoms with Gasteiger partial charge in [-0.25, -0.2) is 13.2 Å². The van der Waals surface area contributed by atoms with E-state index in [9.17, 15) is 13.2 Å². The van der Waals surface area contributed by atoms with Gasteiger partial charge in [0.15, 0.2) is 0 Å². The Morgan fingerprint density at radius 1 is 0.818 bits per heavy atom. The molecule has 0 spiro atoms. The molecule has 0 saturated carbocycles. The summed E-state index contributed by atoms with van der Waals surface area (Å²) in [4.78, 5) is 0. The van der Waals surface area contributed by atoms with E-state index < -0.39 is 17.5 Å². The second-order valence-corrected chi connectivity index (χ2v) is 1.59. The van der Waals surface area contributed by atoms with Gasteiger partial charge in [-0.05, 0) is 0 Å². The molecule has 62 valence electrons. The molecule has 0 unspecified atom stereocenters. The largest absolute Gasteiger partial charge is 0.400 e. The van der Waals surface area contributed by atoms with Crippen LogP contribution >= 0.6 is 0 Å². The number of benzene rings is 1. The fraction of sp³-hybridized carbons (Fsp3) is 0.143. The highest BCUT2D eigenvalue weighted by Gasteiger charge is 1.96. The van der Waals surface area contributed by atoms with Crippen LogP contribution < -0.4 is 0 Å². The average molecular weight is 164 g/mol. The van der Waals surface area contributed by atoms with Crippen molar-refractivity contribution in [1.82, 2.24) is 0 Å². The summed E-state index contributed by atoms with van der Waals surface area (Å²) in [5, 5.41) is 7.00. The molecule has 0 aliphatic heterocycles. The smallest absolute Gasteiger partial charge is 0.129 e. The molecule has 0 radical (unpaired) electrons. The van der Waals surface area contributed by atoms with Crippen molar-refractivity contribution >= 4 is 0 Å². The molecule has 4 heteroatoms. The van der Waals surface area contributed by atoms with Gasteiger partial charge in [-0.2, -0.15) is 0 Å². The molecule has 0 bridgehead atoms. The lowest BCUT2D eigenvalue weighted by atomic mass is 10.3. The summed E-state index contributed by atoms with van der Waals surface area (Å²) in [7, 11) is 1.00. The fourth-order valence-corrected chi connectivity index (χ4v) is 0.520. The molecule has 1 rings (SSSR count). The van der Waals surface area contributed by atoms with Gasteiger partial charge in [0.1, 0.15) is 17.5 Å². The Hall–Kier alpha value is -1.03.